The first-order chi connectivity index (χ1) is 7.77. The normalized spacial score (nSPS) is 29.6. The zero-order valence-electron chi connectivity index (χ0n) is 9.72. The topological polar surface area (TPSA) is 25.2 Å². The second kappa shape index (κ2) is 3.74. The van der Waals surface area contributed by atoms with E-state index in [1.807, 2.05) is 0 Å². The Labute approximate surface area is 96.0 Å². The fraction of sp³-hybridized carbons (Fsp3) is 0.615. The van der Waals surface area contributed by atoms with E-state index in [2.05, 4.69) is 27.8 Å². The zero-order valence-corrected chi connectivity index (χ0v) is 9.72. The van der Waals surface area contributed by atoms with Crippen LogP contribution in [0.5, 0.6) is 0 Å². The molecule has 3 heterocycles. The van der Waals surface area contributed by atoms with Crippen molar-refractivity contribution in [3.63, 3.8) is 0 Å². The average Bonchev–Trinajstić information content (AvgIpc) is 2.76. The maximum absolute atomic E-state index is 11.7. The number of carbonyl (C=O) groups is 1. The molecule has 0 aromatic carbocycles. The molecule has 3 rings (SSSR count). The van der Waals surface area contributed by atoms with Gasteiger partial charge in [0.25, 0.3) is 0 Å². The van der Waals surface area contributed by atoms with E-state index >= 15 is 0 Å². The van der Waals surface area contributed by atoms with Crippen molar-refractivity contribution in [2.24, 2.45) is 5.92 Å². The van der Waals surface area contributed by atoms with Crippen molar-refractivity contribution in [1.82, 2.24) is 9.47 Å². The third-order valence-corrected chi connectivity index (χ3v) is 4.05. The molecule has 0 amide bonds. The van der Waals surface area contributed by atoms with Gasteiger partial charge in [0.05, 0.1) is 6.04 Å². The summed E-state index contributed by atoms with van der Waals surface area (Å²) in [6.45, 7) is 5.06. The van der Waals surface area contributed by atoms with Crippen molar-refractivity contribution in [2.75, 3.05) is 13.1 Å². The molecule has 3 heteroatoms. The minimum Gasteiger partial charge on any atom is -0.349 e. The molecule has 2 aliphatic rings. The first-order valence-corrected chi connectivity index (χ1v) is 6.17. The summed E-state index contributed by atoms with van der Waals surface area (Å²) >= 11 is 0. The van der Waals surface area contributed by atoms with Gasteiger partial charge < -0.3 is 4.57 Å². The molecule has 1 aromatic rings. The minimum atomic E-state index is 0.211. The van der Waals surface area contributed by atoms with E-state index < -0.39 is 0 Å². The largest absolute Gasteiger partial charge is 0.349 e. The van der Waals surface area contributed by atoms with Crippen LogP contribution in [0.3, 0.4) is 0 Å². The Balaban J connectivity index is 2.00. The molecule has 2 atom stereocenters. The van der Waals surface area contributed by atoms with Crippen molar-refractivity contribution in [3.8, 4) is 0 Å². The number of hydrogen-bond acceptors (Lipinski definition) is 2. The van der Waals surface area contributed by atoms with Gasteiger partial charge in [-0.1, -0.05) is 0 Å². The smallest absolute Gasteiger partial charge is 0.134 e. The summed E-state index contributed by atoms with van der Waals surface area (Å²) in [5, 5.41) is 0. The minimum absolute atomic E-state index is 0.211. The molecule has 0 radical (unpaired) electrons. The summed E-state index contributed by atoms with van der Waals surface area (Å²) in [4.78, 5) is 14.2. The van der Waals surface area contributed by atoms with Crippen LogP contribution >= 0.6 is 0 Å². The van der Waals surface area contributed by atoms with Gasteiger partial charge in [0, 0.05) is 30.9 Å². The van der Waals surface area contributed by atoms with Gasteiger partial charge in [0.1, 0.15) is 5.78 Å². The summed E-state index contributed by atoms with van der Waals surface area (Å²) < 4.78 is 2.31. The standard InChI is InChI=1S/C13H18N2O/c1-10(16)11-4-2-7-15-9-8-14-6-3-5-12(14)13(11)15/h3,5-6,11,13H,2,4,7-9H2,1H3/t11-,13+/m1/s1. The van der Waals surface area contributed by atoms with E-state index in [1.54, 1.807) is 6.92 Å². The summed E-state index contributed by atoms with van der Waals surface area (Å²) in [7, 11) is 0. The van der Waals surface area contributed by atoms with Crippen molar-refractivity contribution in [3.05, 3.63) is 24.0 Å². The SMILES string of the molecule is CC(=O)[C@H]1CCCN2CCn3cccc3[C@H]12. The molecule has 0 spiro atoms. The van der Waals surface area contributed by atoms with Gasteiger partial charge >= 0.3 is 0 Å². The third kappa shape index (κ3) is 1.42. The number of rotatable bonds is 1. The number of fused-ring (bicyclic) bond motifs is 3. The summed E-state index contributed by atoms with van der Waals surface area (Å²) in [5.74, 6) is 0.562. The maximum atomic E-state index is 11.7. The Morgan fingerprint density at radius 2 is 2.25 bits per heavy atom. The van der Waals surface area contributed by atoms with Crippen molar-refractivity contribution in [2.45, 2.75) is 32.4 Å². The second-order valence-electron chi connectivity index (χ2n) is 4.97. The molecule has 3 nitrogen and oxygen atoms in total. The Hall–Kier alpha value is -1.09. The molecular weight excluding hydrogens is 200 g/mol. The highest BCUT2D eigenvalue weighted by atomic mass is 16.1. The number of aromatic nitrogens is 1. The molecule has 0 saturated carbocycles. The Morgan fingerprint density at radius 3 is 3.06 bits per heavy atom. The van der Waals surface area contributed by atoms with Crippen LogP contribution in [0.4, 0.5) is 0 Å². The lowest BCUT2D eigenvalue weighted by atomic mass is 9.83. The van der Waals surface area contributed by atoms with E-state index in [4.69, 9.17) is 0 Å². The molecule has 0 aliphatic carbocycles. The molecule has 1 aromatic heterocycles. The highest BCUT2D eigenvalue weighted by Crippen LogP contribution is 2.38. The van der Waals surface area contributed by atoms with Gasteiger partial charge in [-0.2, -0.15) is 0 Å². The van der Waals surface area contributed by atoms with Gasteiger partial charge in [0.2, 0.25) is 0 Å². The fourth-order valence-electron chi connectivity index (χ4n) is 3.27. The van der Waals surface area contributed by atoms with Gasteiger partial charge in [-0.3, -0.25) is 9.69 Å². The summed E-state index contributed by atoms with van der Waals surface area (Å²) in [5.41, 5.74) is 1.34. The van der Waals surface area contributed by atoms with Gasteiger partial charge in [0.15, 0.2) is 0 Å². The van der Waals surface area contributed by atoms with Crippen LogP contribution in [-0.2, 0) is 11.3 Å². The summed E-state index contributed by atoms with van der Waals surface area (Å²) in [6, 6.07) is 4.62. The van der Waals surface area contributed by atoms with Gasteiger partial charge in [-0.15, -0.1) is 0 Å². The van der Waals surface area contributed by atoms with E-state index in [-0.39, 0.29) is 5.92 Å². The van der Waals surface area contributed by atoms with E-state index in [0.29, 0.717) is 11.8 Å². The number of ketones is 1. The Morgan fingerprint density at radius 1 is 1.38 bits per heavy atom. The van der Waals surface area contributed by atoms with Crippen molar-refractivity contribution < 1.29 is 4.79 Å². The molecule has 0 bridgehead atoms. The van der Waals surface area contributed by atoms with Crippen LogP contribution < -0.4 is 0 Å². The quantitative estimate of drug-likeness (QED) is 0.718. The van der Waals surface area contributed by atoms with Crippen molar-refractivity contribution >= 4 is 5.78 Å². The predicted molar refractivity (Wildman–Crippen MR) is 62.2 cm³/mol. The van der Waals surface area contributed by atoms with Gasteiger partial charge in [-0.25, -0.2) is 0 Å². The van der Waals surface area contributed by atoms with Crippen LogP contribution in [0, 0.1) is 5.92 Å². The first-order valence-electron chi connectivity index (χ1n) is 6.17. The maximum Gasteiger partial charge on any atom is 0.134 e. The third-order valence-electron chi connectivity index (χ3n) is 4.05. The molecule has 1 saturated heterocycles. The molecule has 1 fully saturated rings. The molecule has 86 valence electrons. The molecule has 0 N–H and O–H groups in total. The van der Waals surface area contributed by atoms with Crippen LogP contribution in [0.2, 0.25) is 0 Å². The predicted octanol–water partition coefficient (Wildman–Crippen LogP) is 1.84. The van der Waals surface area contributed by atoms with E-state index in [1.165, 1.54) is 12.1 Å². The first kappa shape index (κ1) is 10.1. The van der Waals surface area contributed by atoms with Crippen LogP contribution in [0.1, 0.15) is 31.5 Å². The van der Waals surface area contributed by atoms with Crippen molar-refractivity contribution in [1.29, 1.82) is 0 Å². The van der Waals surface area contributed by atoms with Gasteiger partial charge in [-0.05, 0) is 38.4 Å². The fourth-order valence-corrected chi connectivity index (χ4v) is 3.27. The monoisotopic (exact) mass is 218 g/mol. The lowest BCUT2D eigenvalue weighted by Gasteiger charge is -2.44. The van der Waals surface area contributed by atoms with E-state index in [0.717, 1.165) is 26.1 Å². The van der Waals surface area contributed by atoms with Crippen LogP contribution in [-0.4, -0.2) is 28.3 Å². The highest BCUT2D eigenvalue weighted by Gasteiger charge is 2.38. The summed E-state index contributed by atoms with van der Waals surface area (Å²) in [6.07, 6.45) is 4.36. The highest BCUT2D eigenvalue weighted by molar-refractivity contribution is 5.79. The van der Waals surface area contributed by atoms with Crippen LogP contribution in [0.15, 0.2) is 18.3 Å². The number of hydrogen-bond donors (Lipinski definition) is 0. The number of Topliss-reactive ketones (excluding diaryl/α,β-unsaturated/α-hetero) is 1. The zero-order chi connectivity index (χ0) is 11.1. The van der Waals surface area contributed by atoms with E-state index in [9.17, 15) is 4.79 Å². The Kier molecular flexibility index (Phi) is 2.36. The van der Waals surface area contributed by atoms with Crippen LogP contribution in [0.25, 0.3) is 0 Å². The number of nitrogens with zero attached hydrogens (tertiary/aromatic N) is 2. The molecule has 0 unspecified atom stereocenters. The lowest BCUT2D eigenvalue weighted by Crippen LogP contribution is -2.46. The molecule has 2 aliphatic heterocycles. The second-order valence-corrected chi connectivity index (χ2v) is 4.97. The number of carbonyl (C=O) groups excluding carboxylic acids is 1. The average molecular weight is 218 g/mol. The molecule has 16 heavy (non-hydrogen) atoms. The number of piperidine rings is 1. The lowest BCUT2D eigenvalue weighted by molar-refractivity contribution is -0.125. The molecular formula is C13H18N2O. The Bertz CT molecular complexity index is 410.